The fraction of sp³-hybridized carbons (Fsp3) is 0.0625. The zero-order chi connectivity index (χ0) is 17.8. The normalized spacial score (nSPS) is 10.7. The predicted octanol–water partition coefficient (Wildman–Crippen LogP) is 3.93. The van der Waals surface area contributed by atoms with Gasteiger partial charge in [-0.05, 0) is 36.4 Å². The van der Waals surface area contributed by atoms with E-state index < -0.39 is 17.5 Å². The van der Waals surface area contributed by atoms with E-state index in [1.165, 1.54) is 17.3 Å². The molecule has 1 aromatic heterocycles. The molecule has 0 aliphatic carbocycles. The molecule has 0 bridgehead atoms. The summed E-state index contributed by atoms with van der Waals surface area (Å²) in [6.07, 6.45) is 2.85. The molecule has 9 heteroatoms. The lowest BCUT2D eigenvalue weighted by molar-refractivity contribution is -0.113. The number of anilines is 1. The maximum Gasteiger partial charge on any atom is 0.234 e. The van der Waals surface area contributed by atoms with Gasteiger partial charge in [0.25, 0.3) is 0 Å². The molecule has 0 radical (unpaired) electrons. The Labute approximate surface area is 151 Å². The van der Waals surface area contributed by atoms with Crippen LogP contribution in [-0.4, -0.2) is 26.4 Å². The van der Waals surface area contributed by atoms with Crippen molar-refractivity contribution in [3.05, 3.63) is 65.7 Å². The standard InChI is InChI=1S/C16H11ClF2N4OS/c17-10-1-4-14(23-9-20-8-21-23)13(5-10)22-16(24)7-25-15-6-11(18)2-3-12(15)19/h1-6,8-9H,7H2,(H,22,24). The minimum absolute atomic E-state index is 0.0674. The van der Waals surface area contributed by atoms with Gasteiger partial charge in [-0.1, -0.05) is 11.6 Å². The second-order valence-corrected chi connectivity index (χ2v) is 6.37. The summed E-state index contributed by atoms with van der Waals surface area (Å²) in [5, 5.41) is 7.14. The number of amides is 1. The monoisotopic (exact) mass is 380 g/mol. The highest BCUT2D eigenvalue weighted by atomic mass is 35.5. The SMILES string of the molecule is O=C(CSc1cc(F)ccc1F)Nc1cc(Cl)ccc1-n1cncn1. The highest BCUT2D eigenvalue weighted by Crippen LogP contribution is 2.26. The molecule has 0 fully saturated rings. The molecule has 5 nitrogen and oxygen atoms in total. The number of hydrogen-bond donors (Lipinski definition) is 1. The van der Waals surface area contributed by atoms with Crippen LogP contribution in [0.3, 0.4) is 0 Å². The van der Waals surface area contributed by atoms with E-state index in [1.54, 1.807) is 18.2 Å². The first-order valence-corrected chi connectivity index (χ1v) is 8.41. The molecule has 3 aromatic rings. The van der Waals surface area contributed by atoms with Crippen LogP contribution < -0.4 is 5.32 Å². The summed E-state index contributed by atoms with van der Waals surface area (Å²) in [7, 11) is 0. The third-order valence-corrected chi connectivity index (χ3v) is 4.42. The molecule has 25 heavy (non-hydrogen) atoms. The molecule has 1 heterocycles. The summed E-state index contributed by atoms with van der Waals surface area (Å²) in [4.78, 5) is 16.1. The van der Waals surface area contributed by atoms with E-state index >= 15 is 0 Å². The number of benzene rings is 2. The van der Waals surface area contributed by atoms with Crippen molar-refractivity contribution in [3.8, 4) is 5.69 Å². The maximum absolute atomic E-state index is 13.6. The fourth-order valence-corrected chi connectivity index (χ4v) is 2.99. The third kappa shape index (κ3) is 4.34. The Balaban J connectivity index is 1.73. The molecule has 0 spiro atoms. The molecular formula is C16H11ClF2N4OS. The molecule has 0 aliphatic heterocycles. The first-order chi connectivity index (χ1) is 12.0. The quantitative estimate of drug-likeness (QED) is 0.681. The summed E-state index contributed by atoms with van der Waals surface area (Å²) in [6.45, 7) is 0. The van der Waals surface area contributed by atoms with Gasteiger partial charge in [0.1, 0.15) is 24.3 Å². The van der Waals surface area contributed by atoms with Crippen molar-refractivity contribution >= 4 is 35.0 Å². The van der Waals surface area contributed by atoms with E-state index in [0.29, 0.717) is 16.4 Å². The lowest BCUT2D eigenvalue weighted by Crippen LogP contribution is -2.16. The molecule has 0 atom stereocenters. The molecule has 128 valence electrons. The molecule has 0 saturated heterocycles. The van der Waals surface area contributed by atoms with Crippen LogP contribution in [0.5, 0.6) is 0 Å². The summed E-state index contributed by atoms with van der Waals surface area (Å²) in [5.74, 6) is -1.63. The predicted molar refractivity (Wildman–Crippen MR) is 92.1 cm³/mol. The maximum atomic E-state index is 13.6. The van der Waals surface area contributed by atoms with Gasteiger partial charge < -0.3 is 5.32 Å². The van der Waals surface area contributed by atoms with Crippen LogP contribution in [0.4, 0.5) is 14.5 Å². The van der Waals surface area contributed by atoms with Gasteiger partial charge in [-0.2, -0.15) is 5.10 Å². The Morgan fingerprint density at radius 1 is 1.24 bits per heavy atom. The summed E-state index contributed by atoms with van der Waals surface area (Å²) >= 11 is 6.88. The van der Waals surface area contributed by atoms with Crippen LogP contribution >= 0.6 is 23.4 Å². The third-order valence-electron chi connectivity index (χ3n) is 3.15. The molecule has 0 saturated carbocycles. The van der Waals surface area contributed by atoms with Crippen LogP contribution in [-0.2, 0) is 4.79 Å². The number of nitrogens with one attached hydrogen (secondary N) is 1. The van der Waals surface area contributed by atoms with Crippen molar-refractivity contribution in [2.24, 2.45) is 0 Å². The van der Waals surface area contributed by atoms with Crippen LogP contribution in [0.1, 0.15) is 0 Å². The van der Waals surface area contributed by atoms with Crippen LogP contribution in [0.15, 0.2) is 53.9 Å². The van der Waals surface area contributed by atoms with Crippen molar-refractivity contribution in [2.75, 3.05) is 11.1 Å². The number of thioether (sulfide) groups is 1. The minimum Gasteiger partial charge on any atom is -0.323 e. The molecule has 0 aliphatic rings. The van der Waals surface area contributed by atoms with Gasteiger partial charge in [-0.3, -0.25) is 4.79 Å². The number of rotatable bonds is 5. The van der Waals surface area contributed by atoms with Gasteiger partial charge in [-0.25, -0.2) is 18.4 Å². The minimum atomic E-state index is -0.578. The van der Waals surface area contributed by atoms with E-state index in [2.05, 4.69) is 15.4 Å². The lowest BCUT2D eigenvalue weighted by atomic mass is 10.2. The Bertz CT molecular complexity index is 905. The van der Waals surface area contributed by atoms with E-state index in [0.717, 1.165) is 30.0 Å². The first kappa shape index (κ1) is 17.4. The molecule has 2 aromatic carbocycles. The van der Waals surface area contributed by atoms with Crippen LogP contribution in [0.2, 0.25) is 5.02 Å². The van der Waals surface area contributed by atoms with E-state index in [9.17, 15) is 13.6 Å². The zero-order valence-corrected chi connectivity index (χ0v) is 14.2. The zero-order valence-electron chi connectivity index (χ0n) is 12.6. The number of hydrogen-bond acceptors (Lipinski definition) is 4. The number of aromatic nitrogens is 3. The average Bonchev–Trinajstić information content (AvgIpc) is 3.10. The average molecular weight is 381 g/mol. The van der Waals surface area contributed by atoms with Gasteiger partial charge in [0.15, 0.2) is 0 Å². The van der Waals surface area contributed by atoms with Crippen molar-refractivity contribution in [1.29, 1.82) is 0 Å². The topological polar surface area (TPSA) is 59.8 Å². The Kier molecular flexibility index (Phi) is 5.30. The van der Waals surface area contributed by atoms with Gasteiger partial charge in [0.05, 0.1) is 17.1 Å². The molecule has 0 unspecified atom stereocenters. The number of nitrogens with zero attached hydrogens (tertiary/aromatic N) is 3. The second kappa shape index (κ2) is 7.62. The number of carbonyl (C=O) groups is 1. The highest BCUT2D eigenvalue weighted by molar-refractivity contribution is 8.00. The molecule has 1 N–H and O–H groups in total. The van der Waals surface area contributed by atoms with Crippen molar-refractivity contribution in [2.45, 2.75) is 4.90 Å². The summed E-state index contributed by atoms with van der Waals surface area (Å²) in [5.41, 5.74) is 1.01. The summed E-state index contributed by atoms with van der Waals surface area (Å²) < 4.78 is 28.2. The smallest absolute Gasteiger partial charge is 0.234 e. The van der Waals surface area contributed by atoms with Crippen LogP contribution in [0, 0.1) is 11.6 Å². The first-order valence-electron chi connectivity index (χ1n) is 7.05. The Morgan fingerprint density at radius 3 is 2.84 bits per heavy atom. The van der Waals surface area contributed by atoms with Crippen molar-refractivity contribution in [1.82, 2.24) is 14.8 Å². The second-order valence-electron chi connectivity index (χ2n) is 4.91. The molecule has 3 rings (SSSR count). The lowest BCUT2D eigenvalue weighted by Gasteiger charge is -2.11. The van der Waals surface area contributed by atoms with E-state index in [1.807, 2.05) is 0 Å². The van der Waals surface area contributed by atoms with Gasteiger partial charge >= 0.3 is 0 Å². The van der Waals surface area contributed by atoms with Crippen molar-refractivity contribution in [3.63, 3.8) is 0 Å². The van der Waals surface area contributed by atoms with E-state index in [4.69, 9.17) is 11.6 Å². The largest absolute Gasteiger partial charge is 0.323 e. The molecule has 1 amide bonds. The highest BCUT2D eigenvalue weighted by Gasteiger charge is 2.12. The van der Waals surface area contributed by atoms with Crippen LogP contribution in [0.25, 0.3) is 5.69 Å². The van der Waals surface area contributed by atoms with Crippen molar-refractivity contribution < 1.29 is 13.6 Å². The Morgan fingerprint density at radius 2 is 2.08 bits per heavy atom. The number of halogens is 3. The summed E-state index contributed by atoms with van der Waals surface area (Å²) in [6, 6.07) is 8.01. The number of carbonyl (C=O) groups excluding carboxylic acids is 1. The van der Waals surface area contributed by atoms with Gasteiger partial charge in [0, 0.05) is 9.92 Å². The Hall–Kier alpha value is -2.45. The molecular weight excluding hydrogens is 370 g/mol. The fourth-order valence-electron chi connectivity index (χ4n) is 2.06. The van der Waals surface area contributed by atoms with E-state index in [-0.39, 0.29) is 10.6 Å². The van der Waals surface area contributed by atoms with Gasteiger partial charge in [0.2, 0.25) is 5.91 Å². The van der Waals surface area contributed by atoms with Gasteiger partial charge in [-0.15, -0.1) is 11.8 Å².